The molecule has 166 valence electrons. The molecule has 4 aromatic rings. The number of hydrogen-bond acceptors (Lipinski definition) is 7. The monoisotopic (exact) mass is 458 g/mol. The molecule has 2 aliphatic rings. The summed E-state index contributed by atoms with van der Waals surface area (Å²) in [6.07, 6.45) is 2.84. The molecule has 1 unspecified atom stereocenters. The van der Waals surface area contributed by atoms with Crippen molar-refractivity contribution < 1.29 is 14.1 Å². The standard InChI is InChI=1S/C25H22N4O3S/c1-31-20-9-7-19(8-10-20)29-13-18(12-22(29)30)24-27-23(28-32-24)17-4-2-3-16(11-17)21-14-33-25(26-21)15-5-6-15/h2-4,7-11,14-15,18H,5-6,12-13H2,1H3. The van der Waals surface area contributed by atoms with Crippen LogP contribution < -0.4 is 9.64 Å². The highest BCUT2D eigenvalue weighted by Gasteiger charge is 2.35. The van der Waals surface area contributed by atoms with Gasteiger partial charge in [-0.25, -0.2) is 4.98 Å². The molecule has 0 spiro atoms. The number of hydrogen-bond donors (Lipinski definition) is 0. The first-order valence-electron chi connectivity index (χ1n) is 11.0. The summed E-state index contributed by atoms with van der Waals surface area (Å²) >= 11 is 1.73. The lowest BCUT2D eigenvalue weighted by Crippen LogP contribution is -2.24. The van der Waals surface area contributed by atoms with Gasteiger partial charge in [0.05, 0.1) is 23.7 Å². The van der Waals surface area contributed by atoms with Crippen LogP contribution in [0.15, 0.2) is 58.4 Å². The van der Waals surface area contributed by atoms with Gasteiger partial charge >= 0.3 is 0 Å². The van der Waals surface area contributed by atoms with E-state index in [0.717, 1.165) is 28.3 Å². The van der Waals surface area contributed by atoms with Crippen LogP contribution in [-0.2, 0) is 4.79 Å². The van der Waals surface area contributed by atoms with Crippen LogP contribution in [0, 0.1) is 0 Å². The predicted molar refractivity (Wildman–Crippen MR) is 126 cm³/mol. The largest absolute Gasteiger partial charge is 0.497 e. The molecule has 1 aliphatic carbocycles. The molecule has 1 aliphatic heterocycles. The number of ether oxygens (including phenoxy) is 1. The highest BCUT2D eigenvalue weighted by molar-refractivity contribution is 7.10. The van der Waals surface area contributed by atoms with Crippen molar-refractivity contribution in [2.45, 2.75) is 31.1 Å². The van der Waals surface area contributed by atoms with Crippen LogP contribution in [0.25, 0.3) is 22.6 Å². The van der Waals surface area contributed by atoms with Gasteiger partial charge in [-0.2, -0.15) is 4.98 Å². The zero-order valence-electron chi connectivity index (χ0n) is 18.1. The second-order valence-corrected chi connectivity index (χ2v) is 9.38. The number of anilines is 1. The summed E-state index contributed by atoms with van der Waals surface area (Å²) < 4.78 is 10.8. The summed E-state index contributed by atoms with van der Waals surface area (Å²) in [4.78, 5) is 23.8. The van der Waals surface area contributed by atoms with E-state index in [0.29, 0.717) is 30.6 Å². The number of carbonyl (C=O) groups excluding carboxylic acids is 1. The van der Waals surface area contributed by atoms with Gasteiger partial charge in [0.2, 0.25) is 17.6 Å². The van der Waals surface area contributed by atoms with Crippen molar-refractivity contribution >= 4 is 22.9 Å². The van der Waals surface area contributed by atoms with Crippen LogP contribution in [-0.4, -0.2) is 34.7 Å². The lowest BCUT2D eigenvalue weighted by Gasteiger charge is -2.16. The van der Waals surface area contributed by atoms with Gasteiger partial charge in [0.15, 0.2) is 0 Å². The quantitative estimate of drug-likeness (QED) is 0.392. The lowest BCUT2D eigenvalue weighted by molar-refractivity contribution is -0.117. The molecule has 0 bridgehead atoms. The van der Waals surface area contributed by atoms with E-state index in [1.54, 1.807) is 23.3 Å². The third-order valence-corrected chi connectivity index (χ3v) is 7.17. The van der Waals surface area contributed by atoms with Gasteiger partial charge in [-0.05, 0) is 43.2 Å². The zero-order valence-corrected chi connectivity index (χ0v) is 18.9. The van der Waals surface area contributed by atoms with E-state index in [4.69, 9.17) is 14.2 Å². The Kier molecular flexibility index (Phi) is 4.95. The Morgan fingerprint density at radius 3 is 2.67 bits per heavy atom. The molecular formula is C25H22N4O3S. The van der Waals surface area contributed by atoms with Crippen LogP contribution in [0.2, 0.25) is 0 Å². The fourth-order valence-corrected chi connectivity index (χ4v) is 5.16. The van der Waals surface area contributed by atoms with Crippen LogP contribution in [0.1, 0.15) is 42.0 Å². The summed E-state index contributed by atoms with van der Waals surface area (Å²) in [6.45, 7) is 0.510. The molecule has 33 heavy (non-hydrogen) atoms. The maximum absolute atomic E-state index is 12.6. The Bertz CT molecular complexity index is 1310. The highest BCUT2D eigenvalue weighted by Crippen LogP contribution is 2.42. The number of rotatable bonds is 6. The van der Waals surface area contributed by atoms with Gasteiger partial charge in [0.1, 0.15) is 5.75 Å². The van der Waals surface area contributed by atoms with Gasteiger partial charge in [0.25, 0.3) is 0 Å². The number of methoxy groups -OCH3 is 1. The molecule has 1 saturated heterocycles. The van der Waals surface area contributed by atoms with E-state index in [1.807, 2.05) is 42.5 Å². The second-order valence-electron chi connectivity index (χ2n) is 8.49. The first-order chi connectivity index (χ1) is 16.2. The van der Waals surface area contributed by atoms with Gasteiger partial charge in [-0.15, -0.1) is 11.3 Å². The Morgan fingerprint density at radius 1 is 1.06 bits per heavy atom. The Morgan fingerprint density at radius 2 is 1.88 bits per heavy atom. The van der Waals surface area contributed by atoms with E-state index in [-0.39, 0.29) is 11.8 Å². The molecule has 3 heterocycles. The molecule has 6 rings (SSSR count). The van der Waals surface area contributed by atoms with Crippen molar-refractivity contribution in [3.05, 3.63) is 64.8 Å². The van der Waals surface area contributed by atoms with Crippen LogP contribution in [0.3, 0.4) is 0 Å². The number of amides is 1. The van der Waals surface area contributed by atoms with Crippen LogP contribution >= 0.6 is 11.3 Å². The molecule has 2 fully saturated rings. The molecule has 1 amide bonds. The Hall–Kier alpha value is -3.52. The molecule has 0 radical (unpaired) electrons. The average molecular weight is 459 g/mol. The summed E-state index contributed by atoms with van der Waals surface area (Å²) in [5.41, 5.74) is 3.75. The smallest absolute Gasteiger partial charge is 0.232 e. The summed E-state index contributed by atoms with van der Waals surface area (Å²) in [6, 6.07) is 15.5. The number of aromatic nitrogens is 3. The molecule has 2 aromatic carbocycles. The predicted octanol–water partition coefficient (Wildman–Crippen LogP) is 5.27. The lowest BCUT2D eigenvalue weighted by atomic mass is 10.1. The normalized spacial score (nSPS) is 18.2. The van der Waals surface area contributed by atoms with Crippen molar-refractivity contribution in [2.24, 2.45) is 0 Å². The van der Waals surface area contributed by atoms with E-state index in [9.17, 15) is 4.79 Å². The van der Waals surface area contributed by atoms with Crippen molar-refractivity contribution in [3.63, 3.8) is 0 Å². The molecule has 2 aromatic heterocycles. The van der Waals surface area contributed by atoms with Crippen molar-refractivity contribution in [2.75, 3.05) is 18.6 Å². The van der Waals surface area contributed by atoms with E-state index >= 15 is 0 Å². The fraction of sp³-hybridized carbons (Fsp3) is 0.280. The molecule has 0 N–H and O–H groups in total. The number of nitrogens with zero attached hydrogens (tertiary/aromatic N) is 4. The van der Waals surface area contributed by atoms with Gasteiger partial charge in [-0.3, -0.25) is 4.79 Å². The Labute approximate surface area is 195 Å². The minimum Gasteiger partial charge on any atom is -0.497 e. The van der Waals surface area contributed by atoms with Gasteiger partial charge in [-0.1, -0.05) is 23.4 Å². The highest BCUT2D eigenvalue weighted by atomic mass is 32.1. The minimum absolute atomic E-state index is 0.0434. The minimum atomic E-state index is -0.135. The molecule has 1 saturated carbocycles. The van der Waals surface area contributed by atoms with E-state index in [2.05, 4.69) is 21.6 Å². The summed E-state index contributed by atoms with van der Waals surface area (Å²) in [5.74, 6) is 2.33. The molecule has 1 atom stereocenters. The van der Waals surface area contributed by atoms with Crippen LogP contribution in [0.5, 0.6) is 5.75 Å². The molecular weight excluding hydrogens is 436 g/mol. The SMILES string of the molecule is COc1ccc(N2CC(c3nc(-c4cccc(-c5csc(C6CC6)n5)c4)no3)CC2=O)cc1. The fourth-order valence-electron chi connectivity index (χ4n) is 4.16. The topological polar surface area (TPSA) is 81.3 Å². The van der Waals surface area contributed by atoms with Crippen molar-refractivity contribution in [1.29, 1.82) is 0 Å². The summed E-state index contributed by atoms with van der Waals surface area (Å²) in [5, 5.41) is 7.55. The van der Waals surface area contributed by atoms with Crippen molar-refractivity contribution in [1.82, 2.24) is 15.1 Å². The maximum Gasteiger partial charge on any atom is 0.232 e. The number of carbonyl (C=O) groups is 1. The zero-order chi connectivity index (χ0) is 22.4. The van der Waals surface area contributed by atoms with Gasteiger partial charge in [0, 0.05) is 41.1 Å². The first kappa shape index (κ1) is 20.1. The second kappa shape index (κ2) is 8.12. The van der Waals surface area contributed by atoms with E-state index in [1.165, 1.54) is 17.8 Å². The van der Waals surface area contributed by atoms with E-state index < -0.39 is 0 Å². The third kappa shape index (κ3) is 3.91. The summed E-state index contributed by atoms with van der Waals surface area (Å²) in [7, 11) is 1.62. The third-order valence-electron chi connectivity index (χ3n) is 6.17. The number of benzene rings is 2. The van der Waals surface area contributed by atoms with Crippen molar-refractivity contribution in [3.8, 4) is 28.4 Å². The van der Waals surface area contributed by atoms with Gasteiger partial charge < -0.3 is 14.2 Å². The average Bonchev–Trinajstić information content (AvgIpc) is 3.25. The first-order valence-corrected chi connectivity index (χ1v) is 11.9. The Balaban J connectivity index is 1.20. The molecule has 7 nitrogen and oxygen atoms in total. The number of thiazole rings is 1. The van der Waals surface area contributed by atoms with Crippen LogP contribution in [0.4, 0.5) is 5.69 Å². The molecule has 8 heteroatoms. The maximum atomic E-state index is 12.6.